The molecule has 1 N–H and O–H groups in total. The largest absolute Gasteiger partial charge is 0.324 e. The van der Waals surface area contributed by atoms with E-state index in [9.17, 15) is 19.2 Å². The second-order valence-electron chi connectivity index (χ2n) is 7.03. The van der Waals surface area contributed by atoms with Gasteiger partial charge < -0.3 is 5.32 Å². The first-order valence-corrected chi connectivity index (χ1v) is 8.62. The van der Waals surface area contributed by atoms with Crippen molar-refractivity contribution in [1.29, 1.82) is 0 Å². The van der Waals surface area contributed by atoms with Crippen molar-refractivity contribution in [3.8, 4) is 0 Å². The molecule has 2 aliphatic rings. The number of hydrogen-bond acceptors (Lipinski definition) is 4. The van der Waals surface area contributed by atoms with Gasteiger partial charge in [0.15, 0.2) is 5.78 Å². The normalized spacial score (nSPS) is 20.2. The van der Waals surface area contributed by atoms with E-state index in [0.29, 0.717) is 11.3 Å². The van der Waals surface area contributed by atoms with Gasteiger partial charge in [0.1, 0.15) is 6.04 Å². The molecule has 0 aromatic heterocycles. The number of amides is 3. The number of anilines is 1. The van der Waals surface area contributed by atoms with Crippen molar-refractivity contribution in [2.45, 2.75) is 52.0 Å². The third-order valence-corrected chi connectivity index (χ3v) is 5.32. The van der Waals surface area contributed by atoms with Gasteiger partial charge in [0.05, 0.1) is 5.41 Å². The van der Waals surface area contributed by atoms with E-state index in [0.717, 1.165) is 30.6 Å². The van der Waals surface area contributed by atoms with Crippen LogP contribution in [0.5, 0.6) is 0 Å². The number of Topliss-reactive ketones (excluding diaryl/α,β-unsaturated/α-hetero) is 1. The van der Waals surface area contributed by atoms with Gasteiger partial charge >= 0.3 is 0 Å². The fourth-order valence-electron chi connectivity index (χ4n) is 3.81. The number of likely N-dealkylation sites (tertiary alicyclic amines) is 1. The Hall–Kier alpha value is -2.50. The molecule has 0 bridgehead atoms. The van der Waals surface area contributed by atoms with Gasteiger partial charge in [-0.3, -0.25) is 24.1 Å². The molecule has 132 valence electrons. The minimum Gasteiger partial charge on any atom is -0.324 e. The second-order valence-corrected chi connectivity index (χ2v) is 7.03. The molecule has 2 fully saturated rings. The molecule has 0 unspecified atom stereocenters. The van der Waals surface area contributed by atoms with E-state index in [1.165, 1.54) is 6.92 Å². The number of imide groups is 1. The Morgan fingerprint density at radius 2 is 1.72 bits per heavy atom. The molecular formula is C19H22N2O4. The summed E-state index contributed by atoms with van der Waals surface area (Å²) in [4.78, 5) is 50.0. The second kappa shape index (κ2) is 6.43. The fourth-order valence-corrected chi connectivity index (χ4v) is 3.81. The third-order valence-electron chi connectivity index (χ3n) is 5.32. The number of nitrogens with one attached hydrogen (secondary N) is 1. The van der Waals surface area contributed by atoms with Crippen LogP contribution < -0.4 is 5.32 Å². The van der Waals surface area contributed by atoms with E-state index < -0.39 is 17.4 Å². The Labute approximate surface area is 146 Å². The Bertz CT molecular complexity index is 732. The van der Waals surface area contributed by atoms with Crippen molar-refractivity contribution >= 4 is 29.2 Å². The number of ketones is 1. The summed E-state index contributed by atoms with van der Waals surface area (Å²) in [5, 5.41) is 2.71. The lowest BCUT2D eigenvalue weighted by atomic mass is 9.84. The molecule has 1 saturated carbocycles. The summed E-state index contributed by atoms with van der Waals surface area (Å²) in [6.45, 7) is 3.04. The zero-order chi connectivity index (χ0) is 18.2. The molecule has 1 aromatic carbocycles. The van der Waals surface area contributed by atoms with Crippen molar-refractivity contribution in [2.75, 3.05) is 5.32 Å². The van der Waals surface area contributed by atoms with Crippen molar-refractivity contribution in [3.63, 3.8) is 0 Å². The molecule has 25 heavy (non-hydrogen) atoms. The summed E-state index contributed by atoms with van der Waals surface area (Å²) in [7, 11) is 0. The van der Waals surface area contributed by atoms with Crippen LogP contribution in [0.3, 0.4) is 0 Å². The van der Waals surface area contributed by atoms with E-state index >= 15 is 0 Å². The fraction of sp³-hybridized carbons (Fsp3) is 0.474. The highest BCUT2D eigenvalue weighted by molar-refractivity contribution is 6.10. The zero-order valence-electron chi connectivity index (χ0n) is 14.5. The highest BCUT2D eigenvalue weighted by Gasteiger charge is 2.54. The quantitative estimate of drug-likeness (QED) is 0.673. The number of rotatable bonds is 4. The molecule has 1 atom stereocenters. The highest BCUT2D eigenvalue weighted by atomic mass is 16.2. The molecule has 0 radical (unpaired) electrons. The number of hydrogen-bond donors (Lipinski definition) is 1. The maximum absolute atomic E-state index is 12.7. The van der Waals surface area contributed by atoms with Gasteiger partial charge in [-0.15, -0.1) is 0 Å². The lowest BCUT2D eigenvalue weighted by molar-refractivity contribution is -0.147. The molecule has 1 aromatic rings. The van der Waals surface area contributed by atoms with Gasteiger partial charge in [-0.2, -0.15) is 0 Å². The van der Waals surface area contributed by atoms with Gasteiger partial charge in [0.2, 0.25) is 17.7 Å². The van der Waals surface area contributed by atoms with Crippen molar-refractivity contribution in [2.24, 2.45) is 5.41 Å². The number of carbonyl (C=O) groups excluding carboxylic acids is 4. The molecule has 3 amide bonds. The summed E-state index contributed by atoms with van der Waals surface area (Å²) in [5.41, 5.74) is 0.505. The smallest absolute Gasteiger partial charge is 0.247 e. The molecule has 6 heteroatoms. The van der Waals surface area contributed by atoms with Crippen LogP contribution in [-0.4, -0.2) is 34.4 Å². The summed E-state index contributed by atoms with van der Waals surface area (Å²) in [6.07, 6.45) is 3.59. The topological polar surface area (TPSA) is 83.6 Å². The molecule has 1 spiro atoms. The van der Waals surface area contributed by atoms with Crippen LogP contribution in [0.25, 0.3) is 0 Å². The number of benzene rings is 1. The molecule has 1 aliphatic carbocycles. The van der Waals surface area contributed by atoms with Gasteiger partial charge in [0.25, 0.3) is 0 Å². The minimum absolute atomic E-state index is 0.0543. The van der Waals surface area contributed by atoms with E-state index in [1.807, 2.05) is 0 Å². The van der Waals surface area contributed by atoms with E-state index in [2.05, 4.69) is 5.32 Å². The van der Waals surface area contributed by atoms with Crippen LogP contribution in [0.1, 0.15) is 56.3 Å². The number of carbonyl (C=O) groups is 4. The molecule has 3 rings (SSSR count). The monoisotopic (exact) mass is 342 g/mol. The van der Waals surface area contributed by atoms with E-state index in [1.54, 1.807) is 31.2 Å². The van der Waals surface area contributed by atoms with Crippen LogP contribution in [0.4, 0.5) is 5.69 Å². The van der Waals surface area contributed by atoms with Crippen molar-refractivity contribution < 1.29 is 19.2 Å². The first-order chi connectivity index (χ1) is 11.8. The van der Waals surface area contributed by atoms with Gasteiger partial charge in [-0.25, -0.2) is 0 Å². The highest BCUT2D eigenvalue weighted by Crippen LogP contribution is 2.47. The summed E-state index contributed by atoms with van der Waals surface area (Å²) in [5.74, 6) is -0.931. The van der Waals surface area contributed by atoms with Crippen LogP contribution in [-0.2, 0) is 14.4 Å². The lowest BCUT2D eigenvalue weighted by Crippen LogP contribution is -2.46. The average Bonchev–Trinajstić information content (AvgIpc) is 3.13. The van der Waals surface area contributed by atoms with Crippen molar-refractivity contribution in [3.05, 3.63) is 29.8 Å². The standard InChI is InChI=1S/C19H22N2O4/c1-12(17(24)20-15-7-5-14(6-8-15)13(2)22)21-16(23)11-19(18(21)25)9-3-4-10-19/h5-8,12H,3-4,9-11H2,1-2H3,(H,20,24)/t12-/m0/s1. The van der Waals surface area contributed by atoms with Crippen molar-refractivity contribution in [1.82, 2.24) is 4.90 Å². The Balaban J connectivity index is 1.71. The zero-order valence-corrected chi connectivity index (χ0v) is 14.5. The first kappa shape index (κ1) is 17.3. The van der Waals surface area contributed by atoms with Gasteiger partial charge in [-0.1, -0.05) is 12.8 Å². The maximum Gasteiger partial charge on any atom is 0.247 e. The Morgan fingerprint density at radius 1 is 1.12 bits per heavy atom. The van der Waals surface area contributed by atoms with Crippen LogP contribution >= 0.6 is 0 Å². The van der Waals surface area contributed by atoms with Crippen LogP contribution in [0.15, 0.2) is 24.3 Å². The predicted molar refractivity (Wildman–Crippen MR) is 91.9 cm³/mol. The molecule has 1 saturated heterocycles. The van der Waals surface area contributed by atoms with E-state index in [-0.39, 0.29) is 24.0 Å². The summed E-state index contributed by atoms with van der Waals surface area (Å²) in [6, 6.07) is 5.67. The Morgan fingerprint density at radius 3 is 2.28 bits per heavy atom. The predicted octanol–water partition coefficient (Wildman–Crippen LogP) is 2.54. The third kappa shape index (κ3) is 3.08. The minimum atomic E-state index is -0.854. The average molecular weight is 342 g/mol. The summed E-state index contributed by atoms with van der Waals surface area (Å²) >= 11 is 0. The SMILES string of the molecule is CC(=O)c1ccc(NC(=O)[C@H](C)N2C(=O)CC3(CCCC3)C2=O)cc1. The van der Waals surface area contributed by atoms with Gasteiger partial charge in [0, 0.05) is 17.7 Å². The molecule has 6 nitrogen and oxygen atoms in total. The van der Waals surface area contributed by atoms with Crippen LogP contribution in [0.2, 0.25) is 0 Å². The first-order valence-electron chi connectivity index (χ1n) is 8.62. The van der Waals surface area contributed by atoms with E-state index in [4.69, 9.17) is 0 Å². The lowest BCUT2D eigenvalue weighted by Gasteiger charge is -2.25. The molecular weight excluding hydrogens is 320 g/mol. The Kier molecular flexibility index (Phi) is 4.45. The van der Waals surface area contributed by atoms with Crippen LogP contribution in [0, 0.1) is 5.41 Å². The van der Waals surface area contributed by atoms with Gasteiger partial charge in [-0.05, 0) is 51.0 Å². The molecule has 1 aliphatic heterocycles. The number of nitrogens with zero attached hydrogens (tertiary/aromatic N) is 1. The molecule has 1 heterocycles. The maximum atomic E-state index is 12.7. The summed E-state index contributed by atoms with van der Waals surface area (Å²) < 4.78 is 0.